The molecule has 1 heterocycles. The van der Waals surface area contributed by atoms with Crippen LogP contribution in [-0.4, -0.2) is 15.6 Å². The Labute approximate surface area is 150 Å². The molecule has 0 atom stereocenters. The summed E-state index contributed by atoms with van der Waals surface area (Å²) in [6.07, 6.45) is 7.83. The predicted molar refractivity (Wildman–Crippen MR) is 100 cm³/mol. The molecule has 2 aliphatic carbocycles. The monoisotopic (exact) mass is 336 g/mol. The van der Waals surface area contributed by atoms with Gasteiger partial charge in [-0.2, -0.15) is 5.10 Å². The van der Waals surface area contributed by atoms with Crippen molar-refractivity contribution in [1.29, 1.82) is 0 Å². The lowest BCUT2D eigenvalue weighted by Gasteiger charge is -2.29. The van der Waals surface area contributed by atoms with Gasteiger partial charge in [0.1, 0.15) is 0 Å². The van der Waals surface area contributed by atoms with E-state index in [0.717, 1.165) is 24.2 Å². The number of fused-ring (bicyclic) bond motifs is 1. The van der Waals surface area contributed by atoms with Crippen LogP contribution >= 0.6 is 0 Å². The fraction of sp³-hybridized carbons (Fsp3) is 0.545. The molecule has 0 amide bonds. The lowest BCUT2D eigenvalue weighted by atomic mass is 9.74. The second-order valence-electron chi connectivity index (χ2n) is 8.63. The Morgan fingerprint density at radius 2 is 1.80 bits per heavy atom. The molecule has 2 aromatic rings. The number of hydrogen-bond donors (Lipinski definition) is 0. The number of benzene rings is 1. The zero-order valence-electron chi connectivity index (χ0n) is 15.4. The van der Waals surface area contributed by atoms with Crippen LogP contribution in [0.25, 0.3) is 0 Å². The van der Waals surface area contributed by atoms with E-state index in [0.29, 0.717) is 18.1 Å². The normalized spacial score (nSPS) is 20.5. The summed E-state index contributed by atoms with van der Waals surface area (Å²) in [7, 11) is 0. The Morgan fingerprint density at radius 1 is 1.08 bits per heavy atom. The highest BCUT2D eigenvalue weighted by atomic mass is 16.1. The zero-order chi connectivity index (χ0) is 17.4. The minimum absolute atomic E-state index is 0.0276. The van der Waals surface area contributed by atoms with Crippen LogP contribution in [0.1, 0.15) is 85.6 Å². The Kier molecular flexibility index (Phi) is 4.26. The minimum Gasteiger partial charge on any atom is -0.294 e. The molecule has 0 saturated heterocycles. The van der Waals surface area contributed by atoms with Crippen LogP contribution in [0.4, 0.5) is 0 Å². The maximum absolute atomic E-state index is 13.0. The molecule has 25 heavy (non-hydrogen) atoms. The van der Waals surface area contributed by atoms with Gasteiger partial charge in [0.2, 0.25) is 0 Å². The molecule has 3 nitrogen and oxygen atoms in total. The smallest absolute Gasteiger partial charge is 0.167 e. The number of carbonyl (C=O) groups excluding carboxylic acids is 1. The van der Waals surface area contributed by atoms with E-state index in [9.17, 15) is 4.79 Å². The van der Waals surface area contributed by atoms with Crippen molar-refractivity contribution in [2.24, 2.45) is 5.41 Å². The van der Waals surface area contributed by atoms with E-state index < -0.39 is 0 Å². The van der Waals surface area contributed by atoms with Crippen molar-refractivity contribution < 1.29 is 4.79 Å². The van der Waals surface area contributed by atoms with Gasteiger partial charge in [-0.3, -0.25) is 9.48 Å². The molecule has 1 fully saturated rings. The first-order valence-electron chi connectivity index (χ1n) is 9.70. The standard InChI is InChI=1S/C22H28N2O/c1-22(2)13-18-20(19(25)14-22)21(17-11-7-4-8-12-17)24(23-18)15-16-9-5-3-6-10-16/h3,5-6,9-10,17H,4,7-8,11-15H2,1-2H3. The summed E-state index contributed by atoms with van der Waals surface area (Å²) < 4.78 is 2.16. The van der Waals surface area contributed by atoms with Crippen molar-refractivity contribution in [2.75, 3.05) is 0 Å². The summed E-state index contributed by atoms with van der Waals surface area (Å²) in [6.45, 7) is 5.14. The van der Waals surface area contributed by atoms with Crippen molar-refractivity contribution in [3.05, 3.63) is 52.8 Å². The summed E-state index contributed by atoms with van der Waals surface area (Å²) >= 11 is 0. The van der Waals surface area contributed by atoms with E-state index in [2.05, 4.69) is 42.8 Å². The van der Waals surface area contributed by atoms with Gasteiger partial charge >= 0.3 is 0 Å². The molecule has 132 valence electrons. The highest BCUT2D eigenvalue weighted by molar-refractivity contribution is 6.00. The van der Waals surface area contributed by atoms with E-state index in [1.54, 1.807) is 0 Å². The van der Waals surface area contributed by atoms with Gasteiger partial charge in [-0.25, -0.2) is 0 Å². The predicted octanol–water partition coefficient (Wildman–Crippen LogP) is 5.13. The van der Waals surface area contributed by atoms with E-state index >= 15 is 0 Å². The molecule has 1 aromatic heterocycles. The quantitative estimate of drug-likeness (QED) is 0.778. The number of ketones is 1. The van der Waals surface area contributed by atoms with Crippen LogP contribution in [0.15, 0.2) is 30.3 Å². The third kappa shape index (κ3) is 3.29. The molecule has 0 bridgehead atoms. The summed E-state index contributed by atoms with van der Waals surface area (Å²) in [6, 6.07) is 10.5. The van der Waals surface area contributed by atoms with Crippen LogP contribution in [0.2, 0.25) is 0 Å². The van der Waals surface area contributed by atoms with Gasteiger partial charge in [-0.1, -0.05) is 63.4 Å². The number of rotatable bonds is 3. The first kappa shape index (κ1) is 16.6. The molecule has 1 aromatic carbocycles. The second kappa shape index (κ2) is 6.44. The van der Waals surface area contributed by atoms with E-state index in [4.69, 9.17) is 5.10 Å². The average Bonchev–Trinajstić information content (AvgIpc) is 2.93. The number of hydrogen-bond acceptors (Lipinski definition) is 2. The third-order valence-corrected chi connectivity index (χ3v) is 5.80. The van der Waals surface area contributed by atoms with Gasteiger partial charge < -0.3 is 0 Å². The third-order valence-electron chi connectivity index (χ3n) is 5.80. The molecule has 0 radical (unpaired) electrons. The molecule has 0 aliphatic heterocycles. The van der Waals surface area contributed by atoms with Gasteiger partial charge in [-0.05, 0) is 30.2 Å². The van der Waals surface area contributed by atoms with Crippen molar-refractivity contribution >= 4 is 5.78 Å². The SMILES string of the molecule is CC1(C)CC(=O)c2c(nn(Cc3ccccc3)c2C2CCCCC2)C1. The van der Waals surface area contributed by atoms with Crippen molar-refractivity contribution in [3.8, 4) is 0 Å². The first-order chi connectivity index (χ1) is 12.0. The largest absolute Gasteiger partial charge is 0.294 e. The molecular weight excluding hydrogens is 308 g/mol. The number of nitrogens with zero attached hydrogens (tertiary/aromatic N) is 2. The lowest BCUT2D eigenvalue weighted by molar-refractivity contribution is 0.0910. The van der Waals surface area contributed by atoms with Gasteiger partial charge in [-0.15, -0.1) is 0 Å². The minimum atomic E-state index is 0.0276. The van der Waals surface area contributed by atoms with Crippen LogP contribution in [0, 0.1) is 5.41 Å². The van der Waals surface area contributed by atoms with Gasteiger partial charge in [0.25, 0.3) is 0 Å². The molecule has 3 heteroatoms. The first-order valence-corrected chi connectivity index (χ1v) is 9.70. The van der Waals surface area contributed by atoms with E-state index in [1.807, 2.05) is 6.07 Å². The topological polar surface area (TPSA) is 34.9 Å². The van der Waals surface area contributed by atoms with Crippen molar-refractivity contribution in [2.45, 2.75) is 71.3 Å². The fourth-order valence-electron chi connectivity index (χ4n) is 4.66. The van der Waals surface area contributed by atoms with Crippen molar-refractivity contribution in [1.82, 2.24) is 9.78 Å². The lowest BCUT2D eigenvalue weighted by Crippen LogP contribution is -2.27. The summed E-state index contributed by atoms with van der Waals surface area (Å²) in [5.74, 6) is 0.810. The van der Waals surface area contributed by atoms with Gasteiger partial charge in [0.15, 0.2) is 5.78 Å². The van der Waals surface area contributed by atoms with Crippen LogP contribution in [-0.2, 0) is 13.0 Å². The summed E-state index contributed by atoms with van der Waals surface area (Å²) in [5.41, 5.74) is 4.53. The van der Waals surface area contributed by atoms with Crippen molar-refractivity contribution in [3.63, 3.8) is 0 Å². The maximum Gasteiger partial charge on any atom is 0.167 e. The number of Topliss-reactive ketones (excluding diaryl/α,β-unsaturated/α-hetero) is 1. The zero-order valence-corrected chi connectivity index (χ0v) is 15.4. The van der Waals surface area contributed by atoms with Crippen LogP contribution < -0.4 is 0 Å². The Hall–Kier alpha value is -1.90. The Bertz CT molecular complexity index is 767. The number of carbonyl (C=O) groups is 1. The second-order valence-corrected chi connectivity index (χ2v) is 8.63. The fourth-order valence-corrected chi connectivity index (χ4v) is 4.66. The molecule has 0 N–H and O–H groups in total. The number of aromatic nitrogens is 2. The molecule has 1 saturated carbocycles. The van der Waals surface area contributed by atoms with Crippen LogP contribution in [0.3, 0.4) is 0 Å². The Balaban J connectivity index is 1.78. The molecule has 4 rings (SSSR count). The molecule has 0 unspecified atom stereocenters. The summed E-state index contributed by atoms with van der Waals surface area (Å²) in [4.78, 5) is 13.0. The van der Waals surface area contributed by atoms with Gasteiger partial charge in [0, 0.05) is 12.3 Å². The summed E-state index contributed by atoms with van der Waals surface area (Å²) in [5, 5.41) is 4.96. The molecular formula is C22H28N2O. The molecule has 0 spiro atoms. The van der Waals surface area contributed by atoms with E-state index in [-0.39, 0.29) is 5.41 Å². The van der Waals surface area contributed by atoms with E-state index in [1.165, 1.54) is 43.4 Å². The molecule has 2 aliphatic rings. The maximum atomic E-state index is 13.0. The average molecular weight is 336 g/mol. The van der Waals surface area contributed by atoms with Gasteiger partial charge in [0.05, 0.1) is 23.5 Å². The highest BCUT2D eigenvalue weighted by Crippen LogP contribution is 2.41. The highest BCUT2D eigenvalue weighted by Gasteiger charge is 2.38. The van der Waals surface area contributed by atoms with Crippen LogP contribution in [0.5, 0.6) is 0 Å². The Morgan fingerprint density at radius 3 is 2.52 bits per heavy atom.